The second kappa shape index (κ2) is 5.55. The molecular formula is C11H18F3NO. The first kappa shape index (κ1) is 13.3. The van der Waals surface area contributed by atoms with E-state index in [2.05, 4.69) is 5.32 Å². The Morgan fingerprint density at radius 3 is 2.12 bits per heavy atom. The second-order valence-electron chi connectivity index (χ2n) is 4.51. The normalized spacial score (nSPS) is 21.2. The molecule has 0 heterocycles. The average Bonchev–Trinajstić information content (AvgIpc) is 2.43. The molecule has 1 saturated carbocycles. The van der Waals surface area contributed by atoms with Crippen LogP contribution in [-0.4, -0.2) is 18.1 Å². The van der Waals surface area contributed by atoms with Crippen molar-refractivity contribution in [1.29, 1.82) is 0 Å². The monoisotopic (exact) mass is 237 g/mol. The number of rotatable bonds is 2. The lowest BCUT2D eigenvalue weighted by Gasteiger charge is -2.23. The van der Waals surface area contributed by atoms with Gasteiger partial charge in [0.05, 0.1) is 0 Å². The Kier molecular flexibility index (Phi) is 4.62. The molecule has 1 rings (SSSR count). The van der Waals surface area contributed by atoms with Crippen molar-refractivity contribution in [2.75, 3.05) is 0 Å². The number of carbonyl (C=O) groups is 1. The summed E-state index contributed by atoms with van der Waals surface area (Å²) in [7, 11) is 0. The van der Waals surface area contributed by atoms with Crippen LogP contribution in [0.3, 0.4) is 0 Å². The summed E-state index contributed by atoms with van der Waals surface area (Å²) in [6.45, 7) is 1.67. The molecule has 2 nitrogen and oxygen atoms in total. The lowest BCUT2D eigenvalue weighted by molar-refractivity contribution is -0.174. The zero-order valence-corrected chi connectivity index (χ0v) is 9.44. The van der Waals surface area contributed by atoms with Gasteiger partial charge in [-0.2, -0.15) is 13.2 Å². The first-order chi connectivity index (χ1) is 7.41. The predicted molar refractivity (Wildman–Crippen MR) is 54.9 cm³/mol. The number of carbonyl (C=O) groups excluding carboxylic acids is 1. The Hall–Kier alpha value is -0.740. The molecule has 94 valence electrons. The van der Waals surface area contributed by atoms with Gasteiger partial charge in [0.1, 0.15) is 0 Å². The van der Waals surface area contributed by atoms with E-state index in [0.29, 0.717) is 0 Å². The lowest BCUT2D eigenvalue weighted by Crippen LogP contribution is -2.44. The van der Waals surface area contributed by atoms with E-state index >= 15 is 0 Å². The maximum absolute atomic E-state index is 12.0. The van der Waals surface area contributed by atoms with Crippen LogP contribution in [0.15, 0.2) is 0 Å². The predicted octanol–water partition coefficient (Wildman–Crippen LogP) is 3.02. The molecule has 1 atom stereocenters. The topological polar surface area (TPSA) is 29.1 Å². The van der Waals surface area contributed by atoms with Crippen molar-refractivity contribution in [1.82, 2.24) is 5.32 Å². The Morgan fingerprint density at radius 1 is 1.19 bits per heavy atom. The third-order valence-corrected chi connectivity index (χ3v) is 3.22. The number of amides is 1. The molecule has 1 aliphatic carbocycles. The highest BCUT2D eigenvalue weighted by Crippen LogP contribution is 2.26. The van der Waals surface area contributed by atoms with E-state index in [1.807, 2.05) is 0 Å². The Balaban J connectivity index is 2.44. The number of halogens is 3. The molecule has 1 N–H and O–H groups in total. The summed E-state index contributed by atoms with van der Waals surface area (Å²) in [5, 5.41) is 2.05. The number of hydrogen-bond donors (Lipinski definition) is 1. The fourth-order valence-corrected chi connectivity index (χ4v) is 2.22. The van der Waals surface area contributed by atoms with E-state index in [0.717, 1.165) is 38.5 Å². The summed E-state index contributed by atoms with van der Waals surface area (Å²) in [5.41, 5.74) is 0. The molecule has 1 fully saturated rings. The van der Waals surface area contributed by atoms with Gasteiger partial charge in [0, 0.05) is 6.04 Å². The first-order valence-corrected chi connectivity index (χ1v) is 5.79. The van der Waals surface area contributed by atoms with Gasteiger partial charge >= 0.3 is 12.1 Å². The third kappa shape index (κ3) is 4.02. The van der Waals surface area contributed by atoms with Crippen LogP contribution in [-0.2, 0) is 4.79 Å². The molecule has 16 heavy (non-hydrogen) atoms. The smallest absolute Gasteiger partial charge is 0.346 e. The molecule has 0 unspecified atom stereocenters. The number of alkyl halides is 3. The summed E-state index contributed by atoms with van der Waals surface area (Å²) in [6, 6.07) is -0.382. The summed E-state index contributed by atoms with van der Waals surface area (Å²) in [4.78, 5) is 10.8. The Labute approximate surface area is 93.6 Å². The van der Waals surface area contributed by atoms with Gasteiger partial charge in [0.2, 0.25) is 0 Å². The fraction of sp³-hybridized carbons (Fsp3) is 0.909. The number of hydrogen-bond acceptors (Lipinski definition) is 1. The molecule has 0 radical (unpaired) electrons. The minimum atomic E-state index is -4.76. The van der Waals surface area contributed by atoms with Crippen LogP contribution >= 0.6 is 0 Å². The minimum Gasteiger partial charge on any atom is -0.346 e. The molecule has 0 aromatic rings. The molecule has 0 aromatic carbocycles. The van der Waals surface area contributed by atoms with Crippen molar-refractivity contribution in [3.05, 3.63) is 0 Å². The zero-order valence-electron chi connectivity index (χ0n) is 9.44. The van der Waals surface area contributed by atoms with Crippen molar-refractivity contribution in [2.45, 2.75) is 57.7 Å². The van der Waals surface area contributed by atoms with Crippen LogP contribution in [0.25, 0.3) is 0 Å². The highest BCUT2D eigenvalue weighted by atomic mass is 19.4. The second-order valence-corrected chi connectivity index (χ2v) is 4.51. The van der Waals surface area contributed by atoms with Crippen LogP contribution in [0.2, 0.25) is 0 Å². The van der Waals surface area contributed by atoms with Crippen LogP contribution in [0, 0.1) is 5.92 Å². The molecule has 5 heteroatoms. The van der Waals surface area contributed by atoms with Crippen LogP contribution in [0.5, 0.6) is 0 Å². The Bertz CT molecular complexity index is 232. The van der Waals surface area contributed by atoms with E-state index in [1.165, 1.54) is 0 Å². The van der Waals surface area contributed by atoms with E-state index in [-0.39, 0.29) is 12.0 Å². The standard InChI is InChI=1S/C11H18F3NO/c1-8(15-10(16)11(12,13)14)9-6-4-2-3-5-7-9/h8-9H,2-7H2,1H3,(H,15,16)/t8-/m1/s1. The van der Waals surface area contributed by atoms with Crippen molar-refractivity contribution < 1.29 is 18.0 Å². The molecule has 1 aliphatic rings. The van der Waals surface area contributed by atoms with Crippen molar-refractivity contribution in [3.63, 3.8) is 0 Å². The van der Waals surface area contributed by atoms with Gasteiger partial charge in [-0.3, -0.25) is 4.79 Å². The van der Waals surface area contributed by atoms with Crippen LogP contribution in [0.1, 0.15) is 45.4 Å². The highest BCUT2D eigenvalue weighted by molar-refractivity contribution is 5.81. The summed E-state index contributed by atoms with van der Waals surface area (Å²) in [6.07, 6.45) is 1.47. The third-order valence-electron chi connectivity index (χ3n) is 3.22. The van der Waals surface area contributed by atoms with Gasteiger partial charge in [-0.1, -0.05) is 25.7 Å². The first-order valence-electron chi connectivity index (χ1n) is 5.79. The van der Waals surface area contributed by atoms with Gasteiger partial charge in [-0.05, 0) is 25.7 Å². The molecular weight excluding hydrogens is 219 g/mol. The molecule has 1 amide bonds. The molecule has 0 spiro atoms. The minimum absolute atomic E-state index is 0.189. The Morgan fingerprint density at radius 2 is 1.69 bits per heavy atom. The molecule has 0 saturated heterocycles. The lowest BCUT2D eigenvalue weighted by atomic mass is 9.93. The highest BCUT2D eigenvalue weighted by Gasteiger charge is 2.39. The van der Waals surface area contributed by atoms with Crippen molar-refractivity contribution in [2.24, 2.45) is 5.92 Å². The zero-order chi connectivity index (χ0) is 12.2. The van der Waals surface area contributed by atoms with Gasteiger partial charge in [0.25, 0.3) is 0 Å². The van der Waals surface area contributed by atoms with Gasteiger partial charge in [-0.15, -0.1) is 0 Å². The summed E-state index contributed by atoms with van der Waals surface area (Å²) in [5.74, 6) is -1.63. The van der Waals surface area contributed by atoms with E-state index in [1.54, 1.807) is 6.92 Å². The number of nitrogens with one attached hydrogen (secondary N) is 1. The average molecular weight is 237 g/mol. The van der Waals surface area contributed by atoms with E-state index in [4.69, 9.17) is 0 Å². The van der Waals surface area contributed by atoms with Gasteiger partial charge in [0.15, 0.2) is 0 Å². The van der Waals surface area contributed by atoms with Gasteiger partial charge < -0.3 is 5.32 Å². The quantitative estimate of drug-likeness (QED) is 0.735. The maximum Gasteiger partial charge on any atom is 0.471 e. The largest absolute Gasteiger partial charge is 0.471 e. The van der Waals surface area contributed by atoms with Crippen LogP contribution in [0.4, 0.5) is 13.2 Å². The summed E-state index contributed by atoms with van der Waals surface area (Å²) >= 11 is 0. The molecule has 0 aliphatic heterocycles. The maximum atomic E-state index is 12.0. The fourth-order valence-electron chi connectivity index (χ4n) is 2.22. The van der Waals surface area contributed by atoms with Crippen molar-refractivity contribution >= 4 is 5.91 Å². The van der Waals surface area contributed by atoms with Gasteiger partial charge in [-0.25, -0.2) is 0 Å². The molecule has 0 bridgehead atoms. The van der Waals surface area contributed by atoms with E-state index < -0.39 is 12.1 Å². The summed E-state index contributed by atoms with van der Waals surface area (Å²) < 4.78 is 36.1. The molecule has 0 aromatic heterocycles. The SMILES string of the molecule is C[C@@H](NC(=O)C(F)(F)F)C1CCCCCC1. The van der Waals surface area contributed by atoms with Crippen LogP contribution < -0.4 is 5.32 Å². The van der Waals surface area contributed by atoms with E-state index in [9.17, 15) is 18.0 Å². The van der Waals surface area contributed by atoms with Crippen molar-refractivity contribution in [3.8, 4) is 0 Å².